The highest BCUT2D eigenvalue weighted by Gasteiger charge is 2.05. The summed E-state index contributed by atoms with van der Waals surface area (Å²) in [4.78, 5) is 22.2. The van der Waals surface area contributed by atoms with Crippen molar-refractivity contribution in [3.63, 3.8) is 0 Å². The van der Waals surface area contributed by atoms with Crippen LogP contribution in [0.1, 0.15) is 11.1 Å². The first-order chi connectivity index (χ1) is 8.01. The maximum atomic E-state index is 11.4. The minimum atomic E-state index is -0.486. The van der Waals surface area contributed by atoms with Crippen LogP contribution in [0.3, 0.4) is 0 Å². The van der Waals surface area contributed by atoms with Crippen molar-refractivity contribution >= 4 is 17.7 Å². The Labute approximate surface area is 100 Å². The summed E-state index contributed by atoms with van der Waals surface area (Å²) in [5, 5.41) is 5.04. The van der Waals surface area contributed by atoms with Gasteiger partial charge < -0.3 is 15.4 Å². The molecule has 0 heterocycles. The number of benzene rings is 1. The van der Waals surface area contributed by atoms with Crippen molar-refractivity contribution in [1.29, 1.82) is 0 Å². The lowest BCUT2D eigenvalue weighted by molar-refractivity contribution is -0.139. The number of urea groups is 1. The van der Waals surface area contributed by atoms with Gasteiger partial charge in [0.15, 0.2) is 0 Å². The summed E-state index contributed by atoms with van der Waals surface area (Å²) in [6.07, 6.45) is 0. The van der Waals surface area contributed by atoms with Crippen LogP contribution in [-0.4, -0.2) is 25.7 Å². The predicted molar refractivity (Wildman–Crippen MR) is 65.0 cm³/mol. The number of rotatable bonds is 3. The normalized spacial score (nSPS) is 9.59. The van der Waals surface area contributed by atoms with Gasteiger partial charge in [-0.05, 0) is 37.1 Å². The van der Waals surface area contributed by atoms with Crippen LogP contribution in [0.25, 0.3) is 0 Å². The van der Waals surface area contributed by atoms with Crippen LogP contribution in [0.2, 0.25) is 0 Å². The van der Waals surface area contributed by atoms with E-state index in [-0.39, 0.29) is 6.54 Å². The highest BCUT2D eigenvalue weighted by Crippen LogP contribution is 2.13. The second-order valence-corrected chi connectivity index (χ2v) is 3.76. The Bertz CT molecular complexity index is 410. The molecule has 0 spiro atoms. The Morgan fingerprint density at radius 2 is 1.76 bits per heavy atom. The third-order valence-electron chi connectivity index (χ3n) is 2.10. The molecule has 0 saturated heterocycles. The molecule has 0 fully saturated rings. The number of carbonyl (C=O) groups is 2. The molecular formula is C12H16N2O3. The minimum Gasteiger partial charge on any atom is -0.468 e. The second-order valence-electron chi connectivity index (χ2n) is 3.76. The van der Waals surface area contributed by atoms with Gasteiger partial charge >= 0.3 is 12.0 Å². The van der Waals surface area contributed by atoms with Crippen LogP contribution in [0.5, 0.6) is 0 Å². The van der Waals surface area contributed by atoms with Crippen molar-refractivity contribution in [3.8, 4) is 0 Å². The van der Waals surface area contributed by atoms with E-state index < -0.39 is 12.0 Å². The summed E-state index contributed by atoms with van der Waals surface area (Å²) in [5.41, 5.74) is 2.83. The summed E-state index contributed by atoms with van der Waals surface area (Å²) in [6.45, 7) is 3.75. The molecule has 92 valence electrons. The number of esters is 1. The first-order valence-electron chi connectivity index (χ1n) is 5.21. The molecule has 0 saturated carbocycles. The molecule has 5 heteroatoms. The summed E-state index contributed by atoms with van der Waals surface area (Å²) in [5.74, 6) is -0.486. The third-order valence-corrected chi connectivity index (χ3v) is 2.10. The van der Waals surface area contributed by atoms with Gasteiger partial charge in [0.25, 0.3) is 0 Å². The van der Waals surface area contributed by atoms with Crippen molar-refractivity contribution in [3.05, 3.63) is 29.3 Å². The maximum absolute atomic E-state index is 11.4. The smallest absolute Gasteiger partial charge is 0.325 e. The molecular weight excluding hydrogens is 220 g/mol. The van der Waals surface area contributed by atoms with Gasteiger partial charge in [0, 0.05) is 5.69 Å². The second kappa shape index (κ2) is 5.89. The monoisotopic (exact) mass is 236 g/mol. The van der Waals surface area contributed by atoms with E-state index in [9.17, 15) is 9.59 Å². The molecule has 2 amide bonds. The van der Waals surface area contributed by atoms with Gasteiger partial charge in [-0.15, -0.1) is 0 Å². The number of carbonyl (C=O) groups excluding carboxylic acids is 2. The Morgan fingerprint density at radius 3 is 2.29 bits per heavy atom. The quantitative estimate of drug-likeness (QED) is 0.783. The Hall–Kier alpha value is -2.04. The number of anilines is 1. The van der Waals surface area contributed by atoms with Crippen molar-refractivity contribution in [1.82, 2.24) is 5.32 Å². The average Bonchev–Trinajstić information content (AvgIpc) is 2.24. The molecule has 0 aliphatic rings. The SMILES string of the molecule is COC(=O)CNC(=O)Nc1cc(C)cc(C)c1. The van der Waals surface area contributed by atoms with Crippen LogP contribution >= 0.6 is 0 Å². The third kappa shape index (κ3) is 4.55. The maximum Gasteiger partial charge on any atom is 0.325 e. The fraction of sp³-hybridized carbons (Fsp3) is 0.333. The van der Waals surface area contributed by atoms with Gasteiger partial charge in [0.1, 0.15) is 6.54 Å². The zero-order chi connectivity index (χ0) is 12.8. The fourth-order valence-corrected chi connectivity index (χ4v) is 1.45. The first-order valence-corrected chi connectivity index (χ1v) is 5.21. The lowest BCUT2D eigenvalue weighted by atomic mass is 10.1. The highest BCUT2D eigenvalue weighted by atomic mass is 16.5. The Morgan fingerprint density at radius 1 is 1.18 bits per heavy atom. The molecule has 0 radical (unpaired) electrons. The molecule has 0 atom stereocenters. The molecule has 1 aromatic carbocycles. The molecule has 17 heavy (non-hydrogen) atoms. The van der Waals surface area contributed by atoms with E-state index in [0.29, 0.717) is 5.69 Å². The summed E-state index contributed by atoms with van der Waals surface area (Å²) in [6, 6.07) is 5.29. The van der Waals surface area contributed by atoms with E-state index in [4.69, 9.17) is 0 Å². The number of amides is 2. The fourth-order valence-electron chi connectivity index (χ4n) is 1.45. The van der Waals surface area contributed by atoms with Crippen LogP contribution in [0, 0.1) is 13.8 Å². The largest absolute Gasteiger partial charge is 0.468 e. The molecule has 0 aromatic heterocycles. The van der Waals surface area contributed by atoms with Crippen molar-refractivity contribution in [2.45, 2.75) is 13.8 Å². The number of ether oxygens (including phenoxy) is 1. The predicted octanol–water partition coefficient (Wildman–Crippen LogP) is 1.60. The highest BCUT2D eigenvalue weighted by molar-refractivity contribution is 5.91. The standard InChI is InChI=1S/C12H16N2O3/c1-8-4-9(2)6-10(5-8)14-12(16)13-7-11(15)17-3/h4-6H,7H2,1-3H3,(H2,13,14,16). The number of methoxy groups -OCH3 is 1. The molecule has 1 aromatic rings. The van der Waals surface area contributed by atoms with Crippen molar-refractivity contribution in [2.24, 2.45) is 0 Å². The zero-order valence-corrected chi connectivity index (χ0v) is 10.2. The molecule has 0 aliphatic carbocycles. The van der Waals surface area contributed by atoms with Crippen LogP contribution in [-0.2, 0) is 9.53 Å². The summed E-state index contributed by atoms with van der Waals surface area (Å²) in [7, 11) is 1.27. The number of hydrogen-bond acceptors (Lipinski definition) is 3. The van der Waals surface area contributed by atoms with Crippen LogP contribution in [0.4, 0.5) is 10.5 Å². The molecule has 0 unspecified atom stereocenters. The first kappa shape index (κ1) is 13.0. The number of nitrogens with one attached hydrogen (secondary N) is 2. The van der Waals surface area contributed by atoms with Crippen molar-refractivity contribution in [2.75, 3.05) is 19.0 Å². The van der Waals surface area contributed by atoms with Gasteiger partial charge in [0.2, 0.25) is 0 Å². The van der Waals surface area contributed by atoms with Crippen LogP contribution < -0.4 is 10.6 Å². The van der Waals surface area contributed by atoms with Gasteiger partial charge in [-0.2, -0.15) is 0 Å². The molecule has 1 rings (SSSR count). The van der Waals surface area contributed by atoms with Crippen molar-refractivity contribution < 1.29 is 14.3 Å². The van der Waals surface area contributed by atoms with Gasteiger partial charge in [0.05, 0.1) is 7.11 Å². The van der Waals surface area contributed by atoms with Gasteiger partial charge in [-0.1, -0.05) is 6.07 Å². The van der Waals surface area contributed by atoms with E-state index in [1.165, 1.54) is 7.11 Å². The van der Waals surface area contributed by atoms with E-state index >= 15 is 0 Å². The zero-order valence-electron chi connectivity index (χ0n) is 10.2. The van der Waals surface area contributed by atoms with Crippen LogP contribution in [0.15, 0.2) is 18.2 Å². The number of hydrogen-bond donors (Lipinski definition) is 2. The minimum absolute atomic E-state index is 0.146. The number of aryl methyl sites for hydroxylation is 2. The Balaban J connectivity index is 2.53. The molecule has 0 aliphatic heterocycles. The molecule has 0 bridgehead atoms. The van der Waals surface area contributed by atoms with E-state index in [1.54, 1.807) is 0 Å². The molecule has 2 N–H and O–H groups in total. The van der Waals surface area contributed by atoms with Gasteiger partial charge in [-0.3, -0.25) is 4.79 Å². The summed E-state index contributed by atoms with van der Waals surface area (Å²) < 4.78 is 4.41. The lowest BCUT2D eigenvalue weighted by Crippen LogP contribution is -2.33. The molecule has 5 nitrogen and oxygen atoms in total. The topological polar surface area (TPSA) is 67.4 Å². The Kier molecular flexibility index (Phi) is 4.51. The van der Waals surface area contributed by atoms with E-state index in [0.717, 1.165) is 11.1 Å². The van der Waals surface area contributed by atoms with Gasteiger partial charge in [-0.25, -0.2) is 4.79 Å². The average molecular weight is 236 g/mol. The summed E-state index contributed by atoms with van der Waals surface area (Å²) >= 11 is 0. The van der Waals surface area contributed by atoms with E-state index in [1.807, 2.05) is 32.0 Å². The van der Waals surface area contributed by atoms with E-state index in [2.05, 4.69) is 15.4 Å². The lowest BCUT2D eigenvalue weighted by Gasteiger charge is -2.08.